The van der Waals surface area contributed by atoms with Crippen molar-refractivity contribution in [3.8, 4) is 0 Å². The predicted octanol–water partition coefficient (Wildman–Crippen LogP) is 3.47. The minimum absolute atomic E-state index is 0.200. The maximum absolute atomic E-state index is 13.0. The Morgan fingerprint density at radius 2 is 1.29 bits per heavy atom. The van der Waals surface area contributed by atoms with E-state index < -0.39 is 25.1 Å². The van der Waals surface area contributed by atoms with Gasteiger partial charge in [-0.05, 0) is 47.9 Å². The van der Waals surface area contributed by atoms with Gasteiger partial charge in [-0.15, -0.1) is 0 Å². The van der Waals surface area contributed by atoms with Gasteiger partial charge in [0.15, 0.2) is 9.84 Å². The molecule has 28 heavy (non-hydrogen) atoms. The quantitative estimate of drug-likeness (QED) is 0.654. The average molecular weight is 416 g/mol. The zero-order valence-corrected chi connectivity index (χ0v) is 16.9. The lowest BCUT2D eigenvalue weighted by Gasteiger charge is -2.31. The van der Waals surface area contributed by atoms with E-state index in [1.54, 1.807) is 48.5 Å². The molecule has 1 aliphatic heterocycles. The second-order valence-corrected chi connectivity index (χ2v) is 11.1. The summed E-state index contributed by atoms with van der Waals surface area (Å²) in [4.78, 5) is 0.543. The molecule has 0 N–H and O–H groups in total. The number of hydrogen-bond acceptors (Lipinski definition) is 4. The molecule has 0 amide bonds. The van der Waals surface area contributed by atoms with Crippen molar-refractivity contribution in [3.05, 3.63) is 72.8 Å². The molecule has 1 fully saturated rings. The molecule has 0 saturated carbocycles. The standard InChI is InChI=1S/C21H21NO4S2/c23-27(24,19-8-2-1-3-9-19)20-12-14-22(15-13-20)28(25,26)21-11-10-17-6-4-5-7-18(17)16-21/h1-11,16,20H,12-15H2. The number of benzene rings is 3. The highest BCUT2D eigenvalue weighted by atomic mass is 32.2. The summed E-state index contributed by atoms with van der Waals surface area (Å²) < 4.78 is 53.0. The molecule has 146 valence electrons. The molecule has 0 aliphatic carbocycles. The van der Waals surface area contributed by atoms with Crippen molar-refractivity contribution in [1.82, 2.24) is 4.31 Å². The third-order valence-corrected chi connectivity index (χ3v) is 9.44. The van der Waals surface area contributed by atoms with Gasteiger partial charge in [-0.3, -0.25) is 0 Å². The first-order chi connectivity index (χ1) is 13.4. The number of sulfonamides is 1. The van der Waals surface area contributed by atoms with Gasteiger partial charge < -0.3 is 0 Å². The molecule has 1 heterocycles. The van der Waals surface area contributed by atoms with Crippen LogP contribution in [-0.2, 0) is 19.9 Å². The third kappa shape index (κ3) is 3.45. The summed E-state index contributed by atoms with van der Waals surface area (Å²) >= 11 is 0. The van der Waals surface area contributed by atoms with Gasteiger partial charge in [0.25, 0.3) is 0 Å². The number of piperidine rings is 1. The normalized spacial score (nSPS) is 17.0. The second kappa shape index (κ2) is 7.31. The molecule has 7 heteroatoms. The molecule has 0 aromatic heterocycles. The van der Waals surface area contributed by atoms with Crippen LogP contribution in [0.25, 0.3) is 10.8 Å². The first-order valence-electron chi connectivity index (χ1n) is 9.17. The van der Waals surface area contributed by atoms with E-state index in [-0.39, 0.29) is 18.0 Å². The predicted molar refractivity (Wildman–Crippen MR) is 109 cm³/mol. The minimum atomic E-state index is -3.65. The lowest BCUT2D eigenvalue weighted by atomic mass is 10.1. The number of nitrogens with zero attached hydrogens (tertiary/aromatic N) is 1. The van der Waals surface area contributed by atoms with Crippen LogP contribution in [0.15, 0.2) is 82.6 Å². The van der Waals surface area contributed by atoms with Crippen molar-refractivity contribution in [2.24, 2.45) is 0 Å². The average Bonchev–Trinajstić information content (AvgIpc) is 2.74. The zero-order valence-electron chi connectivity index (χ0n) is 15.2. The molecular formula is C21H21NO4S2. The fourth-order valence-corrected chi connectivity index (χ4v) is 6.92. The van der Waals surface area contributed by atoms with E-state index in [0.717, 1.165) is 10.8 Å². The van der Waals surface area contributed by atoms with Gasteiger partial charge in [0.1, 0.15) is 0 Å². The van der Waals surface area contributed by atoms with Crippen LogP contribution in [-0.4, -0.2) is 39.5 Å². The molecule has 0 radical (unpaired) electrons. The second-order valence-electron chi connectivity index (χ2n) is 6.97. The topological polar surface area (TPSA) is 71.5 Å². The summed E-state index contributed by atoms with van der Waals surface area (Å²) in [6.07, 6.45) is 0.591. The van der Waals surface area contributed by atoms with Gasteiger partial charge in [0, 0.05) is 13.1 Å². The van der Waals surface area contributed by atoms with Crippen molar-refractivity contribution >= 4 is 30.6 Å². The van der Waals surface area contributed by atoms with Gasteiger partial charge in [0.2, 0.25) is 10.0 Å². The smallest absolute Gasteiger partial charge is 0.223 e. The highest BCUT2D eigenvalue weighted by Crippen LogP contribution is 2.28. The Bertz CT molecular complexity index is 1200. The van der Waals surface area contributed by atoms with Crippen LogP contribution in [0.1, 0.15) is 12.8 Å². The van der Waals surface area contributed by atoms with Crippen LogP contribution in [0.5, 0.6) is 0 Å². The summed E-state index contributed by atoms with van der Waals surface area (Å²) in [6, 6.07) is 21.1. The van der Waals surface area contributed by atoms with E-state index in [2.05, 4.69) is 0 Å². The first-order valence-corrected chi connectivity index (χ1v) is 12.2. The summed E-state index contributed by atoms with van der Waals surface area (Å²) in [6.45, 7) is 0.401. The molecule has 3 aromatic carbocycles. The van der Waals surface area contributed by atoms with Crippen LogP contribution >= 0.6 is 0 Å². The largest absolute Gasteiger partial charge is 0.243 e. The fourth-order valence-electron chi connectivity index (χ4n) is 3.66. The molecule has 3 aromatic rings. The molecule has 0 spiro atoms. The van der Waals surface area contributed by atoms with Crippen LogP contribution in [0.4, 0.5) is 0 Å². The van der Waals surface area contributed by atoms with Crippen molar-refractivity contribution in [2.75, 3.05) is 13.1 Å². The maximum atomic E-state index is 13.0. The van der Waals surface area contributed by atoms with Crippen LogP contribution in [0.2, 0.25) is 0 Å². The molecule has 0 unspecified atom stereocenters. The summed E-state index contributed by atoms with van der Waals surface area (Å²) in [5.74, 6) is 0. The highest BCUT2D eigenvalue weighted by Gasteiger charge is 2.35. The van der Waals surface area contributed by atoms with Crippen LogP contribution in [0.3, 0.4) is 0 Å². The molecular weight excluding hydrogens is 394 g/mol. The SMILES string of the molecule is O=S(=O)(c1ccccc1)C1CCN(S(=O)(=O)c2ccc3ccccc3c2)CC1. The van der Waals surface area contributed by atoms with Gasteiger partial charge in [-0.2, -0.15) is 4.31 Å². The maximum Gasteiger partial charge on any atom is 0.243 e. The Morgan fingerprint density at radius 1 is 0.679 bits per heavy atom. The third-order valence-electron chi connectivity index (χ3n) is 5.27. The summed E-state index contributed by atoms with van der Waals surface area (Å²) in [7, 11) is -7.09. The lowest BCUT2D eigenvalue weighted by Crippen LogP contribution is -2.42. The van der Waals surface area contributed by atoms with Gasteiger partial charge >= 0.3 is 0 Å². The van der Waals surface area contributed by atoms with E-state index in [1.165, 1.54) is 4.31 Å². The molecule has 1 saturated heterocycles. The zero-order chi connectivity index (χ0) is 19.8. The van der Waals surface area contributed by atoms with E-state index in [4.69, 9.17) is 0 Å². The van der Waals surface area contributed by atoms with E-state index in [1.807, 2.05) is 24.3 Å². The molecule has 0 bridgehead atoms. The van der Waals surface area contributed by atoms with Gasteiger partial charge in [0.05, 0.1) is 15.0 Å². The fraction of sp³-hybridized carbons (Fsp3) is 0.238. The van der Waals surface area contributed by atoms with Gasteiger partial charge in [-0.25, -0.2) is 16.8 Å². The van der Waals surface area contributed by atoms with Crippen molar-refractivity contribution in [2.45, 2.75) is 27.9 Å². The van der Waals surface area contributed by atoms with E-state index >= 15 is 0 Å². The number of fused-ring (bicyclic) bond motifs is 1. The minimum Gasteiger partial charge on any atom is -0.223 e. The number of rotatable bonds is 4. The Labute approximate surface area is 165 Å². The lowest BCUT2D eigenvalue weighted by molar-refractivity contribution is 0.345. The van der Waals surface area contributed by atoms with E-state index in [0.29, 0.717) is 17.7 Å². The Balaban J connectivity index is 1.54. The Kier molecular flexibility index (Phi) is 4.99. The number of hydrogen-bond donors (Lipinski definition) is 0. The molecule has 1 aliphatic rings. The van der Waals surface area contributed by atoms with Gasteiger partial charge in [-0.1, -0.05) is 48.5 Å². The molecule has 5 nitrogen and oxygen atoms in total. The number of sulfone groups is 1. The first kappa shape index (κ1) is 19.1. The summed E-state index contributed by atoms with van der Waals surface area (Å²) in [5.41, 5.74) is 0. The monoisotopic (exact) mass is 415 g/mol. The van der Waals surface area contributed by atoms with E-state index in [9.17, 15) is 16.8 Å². The van der Waals surface area contributed by atoms with Crippen molar-refractivity contribution in [3.63, 3.8) is 0 Å². The van der Waals surface area contributed by atoms with Crippen molar-refractivity contribution < 1.29 is 16.8 Å². The highest BCUT2D eigenvalue weighted by molar-refractivity contribution is 7.92. The Hall–Kier alpha value is -2.22. The summed E-state index contributed by atoms with van der Waals surface area (Å²) in [5, 5.41) is 1.29. The Morgan fingerprint density at radius 3 is 1.96 bits per heavy atom. The molecule has 0 atom stereocenters. The van der Waals surface area contributed by atoms with Crippen LogP contribution < -0.4 is 0 Å². The van der Waals surface area contributed by atoms with Crippen LogP contribution in [0, 0.1) is 0 Å². The molecule has 4 rings (SSSR count). The van der Waals surface area contributed by atoms with Crippen molar-refractivity contribution in [1.29, 1.82) is 0 Å².